The third kappa shape index (κ3) is 4.33. The average Bonchev–Trinajstić information content (AvgIpc) is 2.70. The molecule has 2 unspecified atom stereocenters. The highest BCUT2D eigenvalue weighted by Gasteiger charge is 2.30. The third-order valence-corrected chi connectivity index (χ3v) is 3.14. The van der Waals surface area contributed by atoms with Crippen molar-refractivity contribution in [3.63, 3.8) is 0 Å². The molecule has 7 heteroatoms. The van der Waals surface area contributed by atoms with Gasteiger partial charge in [-0.25, -0.2) is 4.79 Å². The molecule has 18 heavy (non-hydrogen) atoms. The normalized spacial score (nSPS) is 24.5. The van der Waals surface area contributed by atoms with Crippen molar-refractivity contribution in [3.8, 4) is 0 Å². The van der Waals surface area contributed by atoms with Gasteiger partial charge < -0.3 is 21.9 Å². The van der Waals surface area contributed by atoms with Crippen molar-refractivity contribution in [2.45, 2.75) is 44.2 Å². The number of carbonyl (C=O) groups excluding carboxylic acids is 2. The van der Waals surface area contributed by atoms with E-state index < -0.39 is 17.9 Å². The molecule has 1 rings (SSSR count). The lowest BCUT2D eigenvalue weighted by Gasteiger charge is -2.16. The van der Waals surface area contributed by atoms with E-state index in [1.165, 1.54) is 0 Å². The van der Waals surface area contributed by atoms with Crippen LogP contribution in [0.1, 0.15) is 32.1 Å². The monoisotopic (exact) mass is 257 g/mol. The molecule has 1 aliphatic rings. The number of carboxylic acid groups (broad SMARTS) is 1. The molecule has 0 radical (unpaired) electrons. The van der Waals surface area contributed by atoms with Crippen LogP contribution in [0.5, 0.6) is 0 Å². The molecule has 7 nitrogen and oxygen atoms in total. The summed E-state index contributed by atoms with van der Waals surface area (Å²) in [5, 5.41) is 11.4. The average molecular weight is 257 g/mol. The van der Waals surface area contributed by atoms with Gasteiger partial charge in [-0.2, -0.15) is 0 Å². The van der Waals surface area contributed by atoms with Crippen molar-refractivity contribution < 1.29 is 19.5 Å². The second-order valence-corrected chi connectivity index (χ2v) is 4.67. The predicted molar refractivity (Wildman–Crippen MR) is 63.3 cm³/mol. The number of hydrogen-bond donors (Lipinski definition) is 4. The summed E-state index contributed by atoms with van der Waals surface area (Å²) >= 11 is 0. The number of nitrogens with one attached hydrogen (secondary N) is 1. The van der Waals surface area contributed by atoms with Crippen LogP contribution in [0.4, 0.5) is 0 Å². The second-order valence-electron chi connectivity index (χ2n) is 4.67. The molecule has 1 fully saturated rings. The molecule has 0 aromatic heterocycles. The minimum absolute atomic E-state index is 0.00893. The van der Waals surface area contributed by atoms with Crippen LogP contribution in [-0.4, -0.2) is 35.0 Å². The molecule has 102 valence electrons. The summed E-state index contributed by atoms with van der Waals surface area (Å²) in [6.45, 7) is 0. The van der Waals surface area contributed by atoms with E-state index in [1.807, 2.05) is 0 Å². The minimum Gasteiger partial charge on any atom is -0.480 e. The summed E-state index contributed by atoms with van der Waals surface area (Å²) in [5.41, 5.74) is 10.6. The van der Waals surface area contributed by atoms with Crippen LogP contribution in [0.15, 0.2) is 0 Å². The summed E-state index contributed by atoms with van der Waals surface area (Å²) in [6, 6.07) is -1.06. The van der Waals surface area contributed by atoms with Crippen LogP contribution in [0.25, 0.3) is 0 Å². The first-order valence-electron chi connectivity index (χ1n) is 5.97. The quantitative estimate of drug-likeness (QED) is 0.481. The molecule has 0 aliphatic heterocycles. The molecular formula is C11H19N3O4. The predicted octanol–water partition coefficient (Wildman–Crippen LogP) is -1.05. The Kier molecular flexibility index (Phi) is 5.08. The largest absolute Gasteiger partial charge is 0.480 e. The van der Waals surface area contributed by atoms with Gasteiger partial charge in [-0.1, -0.05) is 0 Å². The lowest BCUT2D eigenvalue weighted by molar-refractivity contribution is -0.142. The van der Waals surface area contributed by atoms with Crippen molar-refractivity contribution in [1.82, 2.24) is 5.32 Å². The number of carbonyl (C=O) groups is 3. The highest BCUT2D eigenvalue weighted by atomic mass is 16.4. The number of hydrogen-bond acceptors (Lipinski definition) is 4. The molecule has 1 saturated carbocycles. The van der Waals surface area contributed by atoms with Gasteiger partial charge in [0.05, 0.1) is 0 Å². The molecule has 0 heterocycles. The highest BCUT2D eigenvalue weighted by Crippen LogP contribution is 2.24. The lowest BCUT2D eigenvalue weighted by atomic mass is 10.1. The maximum absolute atomic E-state index is 11.8. The standard InChI is InChI=1S/C11H19N3O4/c12-7-2-1-6(5-7)10(16)14-8(11(17)18)3-4-9(13)15/h6-8H,1-5,12H2,(H2,13,15)(H,14,16)(H,17,18)/t6?,7?,8-/m0/s1. The maximum atomic E-state index is 11.8. The van der Waals surface area contributed by atoms with E-state index >= 15 is 0 Å². The fraction of sp³-hybridized carbons (Fsp3) is 0.727. The van der Waals surface area contributed by atoms with Crippen LogP contribution in [0.3, 0.4) is 0 Å². The van der Waals surface area contributed by atoms with Crippen LogP contribution in [0.2, 0.25) is 0 Å². The Balaban J connectivity index is 2.47. The van der Waals surface area contributed by atoms with Gasteiger partial charge in [0.2, 0.25) is 11.8 Å². The SMILES string of the molecule is NC(=O)CC[C@H](NC(=O)C1CCC(N)C1)C(=O)O. The van der Waals surface area contributed by atoms with Crippen LogP contribution < -0.4 is 16.8 Å². The first-order valence-corrected chi connectivity index (χ1v) is 5.97. The number of aliphatic carboxylic acids is 1. The van der Waals surface area contributed by atoms with Crippen molar-refractivity contribution in [2.75, 3.05) is 0 Å². The summed E-state index contributed by atoms with van der Waals surface area (Å²) in [4.78, 5) is 33.4. The fourth-order valence-corrected chi connectivity index (χ4v) is 2.09. The minimum atomic E-state index is -1.16. The summed E-state index contributed by atoms with van der Waals surface area (Å²) in [6.07, 6.45) is 1.97. The highest BCUT2D eigenvalue weighted by molar-refractivity contribution is 5.85. The van der Waals surface area contributed by atoms with E-state index in [0.717, 1.165) is 6.42 Å². The molecular weight excluding hydrogens is 238 g/mol. The van der Waals surface area contributed by atoms with Crippen LogP contribution in [0, 0.1) is 5.92 Å². The van der Waals surface area contributed by atoms with Crippen LogP contribution in [-0.2, 0) is 14.4 Å². The van der Waals surface area contributed by atoms with E-state index in [1.54, 1.807) is 0 Å². The Labute approximate surface area is 105 Å². The molecule has 3 atom stereocenters. The van der Waals surface area contributed by atoms with Gasteiger partial charge in [-0.05, 0) is 25.7 Å². The van der Waals surface area contributed by atoms with E-state index in [-0.39, 0.29) is 30.7 Å². The van der Waals surface area contributed by atoms with Crippen LogP contribution >= 0.6 is 0 Å². The summed E-state index contributed by atoms with van der Waals surface area (Å²) in [5.74, 6) is -2.28. The molecule has 0 saturated heterocycles. The van der Waals surface area contributed by atoms with Gasteiger partial charge in [0, 0.05) is 18.4 Å². The first-order chi connectivity index (χ1) is 8.40. The molecule has 6 N–H and O–H groups in total. The zero-order valence-electron chi connectivity index (χ0n) is 10.1. The van der Waals surface area contributed by atoms with E-state index in [0.29, 0.717) is 12.8 Å². The van der Waals surface area contributed by atoms with Crippen molar-refractivity contribution in [2.24, 2.45) is 17.4 Å². The Morgan fingerprint density at radius 1 is 1.33 bits per heavy atom. The van der Waals surface area contributed by atoms with E-state index in [2.05, 4.69) is 5.32 Å². The molecule has 0 spiro atoms. The van der Waals surface area contributed by atoms with Gasteiger partial charge in [0.15, 0.2) is 0 Å². The maximum Gasteiger partial charge on any atom is 0.326 e. The zero-order chi connectivity index (χ0) is 13.7. The number of carboxylic acids is 1. The van der Waals surface area contributed by atoms with Gasteiger partial charge in [-0.15, -0.1) is 0 Å². The molecule has 0 aromatic carbocycles. The summed E-state index contributed by atoms with van der Waals surface area (Å²) in [7, 11) is 0. The Bertz CT molecular complexity index is 345. The number of rotatable bonds is 6. The number of amides is 2. The molecule has 1 aliphatic carbocycles. The zero-order valence-corrected chi connectivity index (χ0v) is 10.1. The third-order valence-electron chi connectivity index (χ3n) is 3.14. The molecule has 0 bridgehead atoms. The van der Waals surface area contributed by atoms with Gasteiger partial charge >= 0.3 is 5.97 Å². The molecule has 0 aromatic rings. The van der Waals surface area contributed by atoms with E-state index in [9.17, 15) is 14.4 Å². The number of primary amides is 1. The second kappa shape index (κ2) is 6.34. The topological polar surface area (TPSA) is 136 Å². The number of nitrogens with two attached hydrogens (primary N) is 2. The Hall–Kier alpha value is -1.63. The van der Waals surface area contributed by atoms with E-state index in [4.69, 9.17) is 16.6 Å². The smallest absolute Gasteiger partial charge is 0.326 e. The van der Waals surface area contributed by atoms with Crippen molar-refractivity contribution in [1.29, 1.82) is 0 Å². The van der Waals surface area contributed by atoms with Crippen molar-refractivity contribution >= 4 is 17.8 Å². The van der Waals surface area contributed by atoms with Gasteiger partial charge in [0.25, 0.3) is 0 Å². The fourth-order valence-electron chi connectivity index (χ4n) is 2.09. The Morgan fingerprint density at radius 3 is 2.44 bits per heavy atom. The summed E-state index contributed by atoms with van der Waals surface area (Å²) < 4.78 is 0. The van der Waals surface area contributed by atoms with Gasteiger partial charge in [0.1, 0.15) is 6.04 Å². The lowest BCUT2D eigenvalue weighted by Crippen LogP contribution is -2.43. The molecule has 2 amide bonds. The van der Waals surface area contributed by atoms with Gasteiger partial charge in [-0.3, -0.25) is 9.59 Å². The van der Waals surface area contributed by atoms with Crippen molar-refractivity contribution in [3.05, 3.63) is 0 Å². The first kappa shape index (κ1) is 14.4. The Morgan fingerprint density at radius 2 is 2.00 bits per heavy atom.